The highest BCUT2D eigenvalue weighted by Gasteiger charge is 2.27. The number of benzene rings is 1. The zero-order chi connectivity index (χ0) is 14.3. The molecule has 0 aliphatic heterocycles. The maximum absolute atomic E-state index is 6.11. The van der Waals surface area contributed by atoms with Gasteiger partial charge in [-0.25, -0.2) is 0 Å². The number of nitrogens with two attached hydrogens (primary N) is 1. The number of rotatable bonds is 8. The van der Waals surface area contributed by atoms with Crippen molar-refractivity contribution in [2.75, 3.05) is 13.7 Å². The Morgan fingerprint density at radius 3 is 2.58 bits per heavy atom. The summed E-state index contributed by atoms with van der Waals surface area (Å²) in [5.74, 6) is 0.909. The molecule has 1 unspecified atom stereocenters. The van der Waals surface area contributed by atoms with Gasteiger partial charge in [-0.05, 0) is 55.0 Å². The zero-order valence-electron chi connectivity index (χ0n) is 12.3. The lowest BCUT2D eigenvalue weighted by atomic mass is 9.75. The van der Waals surface area contributed by atoms with E-state index in [4.69, 9.17) is 22.1 Å². The third-order valence-electron chi connectivity index (χ3n) is 4.05. The number of ether oxygens (including phenoxy) is 1. The Morgan fingerprint density at radius 2 is 2.05 bits per heavy atom. The van der Waals surface area contributed by atoms with E-state index >= 15 is 0 Å². The average Bonchev–Trinajstić information content (AvgIpc) is 2.44. The fourth-order valence-corrected chi connectivity index (χ4v) is 2.74. The largest absolute Gasteiger partial charge is 0.496 e. The van der Waals surface area contributed by atoms with Gasteiger partial charge in [0.1, 0.15) is 5.75 Å². The molecule has 0 radical (unpaired) electrons. The molecule has 0 heterocycles. The summed E-state index contributed by atoms with van der Waals surface area (Å²) >= 11 is 6.11. The minimum atomic E-state index is 0.161. The van der Waals surface area contributed by atoms with Crippen LogP contribution in [0, 0.1) is 5.41 Å². The third-order valence-corrected chi connectivity index (χ3v) is 4.29. The van der Waals surface area contributed by atoms with Crippen LogP contribution in [0.1, 0.15) is 45.1 Å². The van der Waals surface area contributed by atoms with Crippen LogP contribution in [0.25, 0.3) is 0 Å². The van der Waals surface area contributed by atoms with Gasteiger partial charge in [0.25, 0.3) is 0 Å². The van der Waals surface area contributed by atoms with E-state index in [1.807, 2.05) is 18.2 Å². The fraction of sp³-hybridized carbons (Fsp3) is 0.625. The topological polar surface area (TPSA) is 35.2 Å². The molecule has 1 atom stereocenters. The van der Waals surface area contributed by atoms with Crippen molar-refractivity contribution in [3.8, 4) is 5.75 Å². The number of hydrogen-bond acceptors (Lipinski definition) is 2. The molecule has 0 aliphatic carbocycles. The van der Waals surface area contributed by atoms with E-state index in [-0.39, 0.29) is 5.41 Å². The Bertz CT molecular complexity index is 388. The lowest BCUT2D eigenvalue weighted by Crippen LogP contribution is -2.32. The lowest BCUT2D eigenvalue weighted by molar-refractivity contribution is 0.248. The van der Waals surface area contributed by atoms with Crippen LogP contribution in [0.5, 0.6) is 5.75 Å². The molecule has 108 valence electrons. The maximum atomic E-state index is 6.11. The second kappa shape index (κ2) is 7.76. The fourth-order valence-electron chi connectivity index (χ4n) is 2.55. The molecule has 0 saturated carbocycles. The Hall–Kier alpha value is -0.730. The summed E-state index contributed by atoms with van der Waals surface area (Å²) in [4.78, 5) is 0. The molecule has 19 heavy (non-hydrogen) atoms. The Balaban J connectivity index is 2.98. The summed E-state index contributed by atoms with van der Waals surface area (Å²) in [6.45, 7) is 5.15. The Morgan fingerprint density at radius 1 is 1.32 bits per heavy atom. The number of methoxy groups -OCH3 is 1. The van der Waals surface area contributed by atoms with Gasteiger partial charge in [-0.1, -0.05) is 38.3 Å². The van der Waals surface area contributed by atoms with Gasteiger partial charge in [0.15, 0.2) is 0 Å². The van der Waals surface area contributed by atoms with Crippen LogP contribution in [0.3, 0.4) is 0 Å². The Labute approximate surface area is 122 Å². The standard InChI is InChI=1S/C16H26ClNO/c1-4-6-9-16(5-2,12-18)11-13-10-14(17)7-8-15(13)19-3/h7-8,10H,4-6,9,11-12,18H2,1-3H3. The van der Waals surface area contributed by atoms with Gasteiger partial charge in [0, 0.05) is 5.02 Å². The first-order chi connectivity index (χ1) is 9.10. The van der Waals surface area contributed by atoms with Crippen LogP contribution in [0.4, 0.5) is 0 Å². The number of unbranched alkanes of at least 4 members (excludes halogenated alkanes) is 1. The van der Waals surface area contributed by atoms with Crippen LogP contribution in [0.2, 0.25) is 5.02 Å². The molecule has 1 aromatic rings. The molecule has 0 spiro atoms. The van der Waals surface area contributed by atoms with Crippen molar-refractivity contribution in [1.29, 1.82) is 0 Å². The SMILES string of the molecule is CCCCC(CC)(CN)Cc1cc(Cl)ccc1OC. The highest BCUT2D eigenvalue weighted by Crippen LogP contribution is 2.35. The molecule has 1 rings (SSSR count). The zero-order valence-corrected chi connectivity index (χ0v) is 13.1. The highest BCUT2D eigenvalue weighted by molar-refractivity contribution is 6.30. The van der Waals surface area contributed by atoms with Gasteiger partial charge in [-0.2, -0.15) is 0 Å². The molecule has 0 aliphatic rings. The Kier molecular flexibility index (Phi) is 6.67. The highest BCUT2D eigenvalue weighted by atomic mass is 35.5. The van der Waals surface area contributed by atoms with E-state index in [0.717, 1.165) is 30.0 Å². The van der Waals surface area contributed by atoms with Crippen molar-refractivity contribution in [1.82, 2.24) is 0 Å². The van der Waals surface area contributed by atoms with Gasteiger partial charge in [0.05, 0.1) is 7.11 Å². The van der Waals surface area contributed by atoms with Gasteiger partial charge >= 0.3 is 0 Å². The minimum absolute atomic E-state index is 0.161. The molecule has 1 aromatic carbocycles. The molecule has 0 bridgehead atoms. The lowest BCUT2D eigenvalue weighted by Gasteiger charge is -2.32. The molecule has 0 fully saturated rings. The van der Waals surface area contributed by atoms with E-state index in [1.54, 1.807) is 7.11 Å². The van der Waals surface area contributed by atoms with Crippen molar-refractivity contribution < 1.29 is 4.74 Å². The van der Waals surface area contributed by atoms with Crippen LogP contribution in [-0.2, 0) is 6.42 Å². The van der Waals surface area contributed by atoms with E-state index < -0.39 is 0 Å². The molecule has 0 aromatic heterocycles. The number of hydrogen-bond donors (Lipinski definition) is 1. The van der Waals surface area contributed by atoms with Crippen molar-refractivity contribution in [2.45, 2.75) is 46.0 Å². The quantitative estimate of drug-likeness (QED) is 0.766. The third kappa shape index (κ3) is 4.39. The average molecular weight is 284 g/mol. The molecular formula is C16H26ClNO. The normalized spacial score (nSPS) is 14.2. The van der Waals surface area contributed by atoms with Crippen molar-refractivity contribution >= 4 is 11.6 Å². The van der Waals surface area contributed by atoms with Gasteiger partial charge in [0.2, 0.25) is 0 Å². The van der Waals surface area contributed by atoms with Crippen molar-refractivity contribution in [3.05, 3.63) is 28.8 Å². The summed E-state index contributed by atoms with van der Waals surface area (Å²) in [6, 6.07) is 5.81. The van der Waals surface area contributed by atoms with Gasteiger partial charge < -0.3 is 10.5 Å². The number of halogens is 1. The van der Waals surface area contributed by atoms with Crippen LogP contribution >= 0.6 is 11.6 Å². The van der Waals surface area contributed by atoms with Crippen LogP contribution in [0.15, 0.2) is 18.2 Å². The van der Waals surface area contributed by atoms with E-state index in [0.29, 0.717) is 6.54 Å². The maximum Gasteiger partial charge on any atom is 0.122 e. The van der Waals surface area contributed by atoms with E-state index in [9.17, 15) is 0 Å². The van der Waals surface area contributed by atoms with Crippen LogP contribution in [-0.4, -0.2) is 13.7 Å². The predicted octanol–water partition coefficient (Wildman–Crippen LogP) is 4.44. The first-order valence-electron chi connectivity index (χ1n) is 7.13. The molecule has 3 heteroatoms. The summed E-state index contributed by atoms with van der Waals surface area (Å²) in [6.07, 6.45) is 5.59. The predicted molar refractivity (Wildman–Crippen MR) is 83.0 cm³/mol. The molecule has 0 amide bonds. The van der Waals surface area contributed by atoms with E-state index in [2.05, 4.69) is 13.8 Å². The van der Waals surface area contributed by atoms with Crippen molar-refractivity contribution in [3.63, 3.8) is 0 Å². The first kappa shape index (κ1) is 16.3. The van der Waals surface area contributed by atoms with E-state index in [1.165, 1.54) is 18.4 Å². The van der Waals surface area contributed by atoms with Crippen molar-refractivity contribution in [2.24, 2.45) is 11.1 Å². The summed E-state index contributed by atoms with van der Waals surface area (Å²) in [5.41, 5.74) is 7.39. The second-order valence-electron chi connectivity index (χ2n) is 5.29. The molecular weight excluding hydrogens is 258 g/mol. The summed E-state index contributed by atoms with van der Waals surface area (Å²) < 4.78 is 5.44. The van der Waals surface area contributed by atoms with Crippen LogP contribution < -0.4 is 10.5 Å². The smallest absolute Gasteiger partial charge is 0.122 e. The molecule has 2 N–H and O–H groups in total. The second-order valence-corrected chi connectivity index (χ2v) is 5.73. The summed E-state index contributed by atoms with van der Waals surface area (Å²) in [7, 11) is 1.70. The molecule has 0 saturated heterocycles. The molecule has 2 nitrogen and oxygen atoms in total. The van der Waals surface area contributed by atoms with Gasteiger partial charge in [-0.3, -0.25) is 0 Å². The summed E-state index contributed by atoms with van der Waals surface area (Å²) in [5, 5.41) is 0.758. The monoisotopic (exact) mass is 283 g/mol. The van der Waals surface area contributed by atoms with Gasteiger partial charge in [-0.15, -0.1) is 0 Å². The first-order valence-corrected chi connectivity index (χ1v) is 7.51. The minimum Gasteiger partial charge on any atom is -0.496 e.